The number of amides is 1. The Kier molecular flexibility index (Phi) is 3.98. The van der Waals surface area contributed by atoms with Crippen molar-refractivity contribution in [2.45, 2.75) is 13.8 Å². The summed E-state index contributed by atoms with van der Waals surface area (Å²) in [6.07, 6.45) is 1.51. The zero-order valence-corrected chi connectivity index (χ0v) is 12.8. The third-order valence-corrected chi connectivity index (χ3v) is 3.22. The van der Waals surface area contributed by atoms with Crippen molar-refractivity contribution in [2.75, 3.05) is 5.32 Å². The van der Waals surface area contributed by atoms with E-state index in [-0.39, 0.29) is 11.4 Å². The normalized spacial score (nSPS) is 10.7. The van der Waals surface area contributed by atoms with Gasteiger partial charge >= 0.3 is 0 Å². The Bertz CT molecular complexity index is 904. The summed E-state index contributed by atoms with van der Waals surface area (Å²) in [6, 6.07) is 4.48. The number of halogens is 2. The Labute approximate surface area is 135 Å². The summed E-state index contributed by atoms with van der Waals surface area (Å²) in [5.74, 6) is -1.21. The predicted molar refractivity (Wildman–Crippen MR) is 80.7 cm³/mol. The number of aromatic nitrogens is 5. The van der Waals surface area contributed by atoms with Crippen LogP contribution >= 0.6 is 0 Å². The number of rotatable bonds is 3. The van der Waals surface area contributed by atoms with Gasteiger partial charge in [0.05, 0.1) is 11.4 Å². The molecule has 3 aromatic rings. The first-order chi connectivity index (χ1) is 11.4. The van der Waals surface area contributed by atoms with Crippen LogP contribution in [-0.4, -0.2) is 30.9 Å². The number of aryl methyl sites for hydroxylation is 1. The molecule has 1 aromatic carbocycles. The molecule has 0 unspecified atom stereocenters. The molecule has 9 heteroatoms. The number of hydrogen-bond acceptors (Lipinski definition) is 5. The average molecular weight is 330 g/mol. The molecule has 0 atom stereocenters. The van der Waals surface area contributed by atoms with Crippen LogP contribution in [0.4, 0.5) is 14.6 Å². The molecule has 0 aliphatic rings. The fourth-order valence-corrected chi connectivity index (χ4v) is 2.15. The molecule has 0 saturated carbocycles. The molecule has 1 N–H and O–H groups in total. The number of nitrogens with zero attached hydrogens (tertiary/aromatic N) is 5. The Morgan fingerprint density at radius 1 is 1.17 bits per heavy atom. The minimum absolute atomic E-state index is 0.0240. The minimum atomic E-state index is -0.748. The molecule has 0 fully saturated rings. The summed E-state index contributed by atoms with van der Waals surface area (Å²) in [7, 11) is 0. The van der Waals surface area contributed by atoms with E-state index in [2.05, 4.69) is 25.6 Å². The van der Waals surface area contributed by atoms with Crippen LogP contribution in [0.2, 0.25) is 0 Å². The van der Waals surface area contributed by atoms with Gasteiger partial charge in [-0.2, -0.15) is 0 Å². The van der Waals surface area contributed by atoms with Crippen LogP contribution < -0.4 is 5.32 Å². The van der Waals surface area contributed by atoms with Gasteiger partial charge in [0.1, 0.15) is 23.3 Å². The van der Waals surface area contributed by atoms with Crippen LogP contribution in [-0.2, 0) is 0 Å². The molecule has 1 amide bonds. The van der Waals surface area contributed by atoms with Crippen molar-refractivity contribution in [3.63, 3.8) is 0 Å². The van der Waals surface area contributed by atoms with Gasteiger partial charge in [0.25, 0.3) is 5.91 Å². The Morgan fingerprint density at radius 3 is 2.54 bits per heavy atom. The molecule has 0 aliphatic heterocycles. The maximum Gasteiger partial charge on any atom is 0.279 e. The summed E-state index contributed by atoms with van der Waals surface area (Å²) in [6.45, 7) is 3.26. The predicted octanol–water partition coefficient (Wildman–Crippen LogP) is 2.20. The molecule has 0 aliphatic carbocycles. The van der Waals surface area contributed by atoms with Gasteiger partial charge in [-0.25, -0.2) is 23.4 Å². The van der Waals surface area contributed by atoms with Gasteiger partial charge < -0.3 is 5.32 Å². The highest BCUT2D eigenvalue weighted by Crippen LogP contribution is 2.16. The van der Waals surface area contributed by atoms with Crippen molar-refractivity contribution in [2.24, 2.45) is 0 Å². The van der Waals surface area contributed by atoms with Crippen LogP contribution in [0.1, 0.15) is 22.0 Å². The second-order valence-corrected chi connectivity index (χ2v) is 5.01. The van der Waals surface area contributed by atoms with Gasteiger partial charge in [-0.1, -0.05) is 5.21 Å². The minimum Gasteiger partial charge on any atom is -0.305 e. The molecular weight excluding hydrogens is 318 g/mol. The molecule has 0 bridgehead atoms. The van der Waals surface area contributed by atoms with E-state index in [9.17, 15) is 13.6 Å². The van der Waals surface area contributed by atoms with E-state index in [1.807, 2.05) is 0 Å². The highest BCUT2D eigenvalue weighted by Gasteiger charge is 2.18. The molecule has 7 nitrogen and oxygen atoms in total. The Morgan fingerprint density at radius 2 is 1.88 bits per heavy atom. The second-order valence-electron chi connectivity index (χ2n) is 5.01. The molecule has 3 rings (SSSR count). The fourth-order valence-electron chi connectivity index (χ4n) is 2.15. The van der Waals surface area contributed by atoms with Crippen LogP contribution in [0.25, 0.3) is 5.69 Å². The summed E-state index contributed by atoms with van der Waals surface area (Å²) in [5.41, 5.74) is 0.494. The fraction of sp³-hybridized carbons (Fsp3) is 0.133. The lowest BCUT2D eigenvalue weighted by molar-refractivity contribution is 0.102. The summed E-state index contributed by atoms with van der Waals surface area (Å²) in [5, 5.41) is 10.1. The zero-order chi connectivity index (χ0) is 17.3. The van der Waals surface area contributed by atoms with Crippen molar-refractivity contribution in [3.05, 3.63) is 59.3 Å². The van der Waals surface area contributed by atoms with Crippen LogP contribution in [0.15, 0.2) is 30.5 Å². The number of carbonyl (C=O) groups is 1. The lowest BCUT2D eigenvalue weighted by Gasteiger charge is -2.05. The number of anilines is 1. The average Bonchev–Trinajstić information content (AvgIpc) is 2.88. The molecule has 0 spiro atoms. The van der Waals surface area contributed by atoms with Crippen LogP contribution in [0.5, 0.6) is 0 Å². The molecular formula is C15H12F2N6O. The SMILES string of the molecule is Cc1nccc(NC(=O)c2nnn(-c3cc(F)cc(F)c3)c2C)n1. The lowest BCUT2D eigenvalue weighted by atomic mass is 10.2. The van der Waals surface area contributed by atoms with E-state index in [4.69, 9.17) is 0 Å². The first-order valence-corrected chi connectivity index (χ1v) is 6.94. The number of nitrogens with one attached hydrogen (secondary N) is 1. The maximum atomic E-state index is 13.3. The van der Waals surface area contributed by atoms with Crippen molar-refractivity contribution in [3.8, 4) is 5.69 Å². The summed E-state index contributed by atoms with van der Waals surface area (Å²) < 4.78 is 27.9. The van der Waals surface area contributed by atoms with Crippen LogP contribution in [0, 0.1) is 25.5 Å². The maximum absolute atomic E-state index is 13.3. The van der Waals surface area contributed by atoms with E-state index in [0.29, 0.717) is 17.3 Å². The van der Waals surface area contributed by atoms with E-state index < -0.39 is 17.5 Å². The molecule has 0 saturated heterocycles. The van der Waals surface area contributed by atoms with E-state index >= 15 is 0 Å². The third-order valence-electron chi connectivity index (χ3n) is 3.22. The van der Waals surface area contributed by atoms with Gasteiger partial charge in [0.15, 0.2) is 5.69 Å². The number of hydrogen-bond donors (Lipinski definition) is 1. The summed E-state index contributed by atoms with van der Waals surface area (Å²) in [4.78, 5) is 20.3. The monoisotopic (exact) mass is 330 g/mol. The van der Waals surface area contributed by atoms with E-state index in [1.54, 1.807) is 13.8 Å². The number of carbonyl (C=O) groups excluding carboxylic acids is 1. The van der Waals surface area contributed by atoms with Gasteiger partial charge in [-0.05, 0) is 32.0 Å². The summed E-state index contributed by atoms with van der Waals surface area (Å²) >= 11 is 0. The molecule has 2 heterocycles. The quantitative estimate of drug-likeness (QED) is 0.796. The first-order valence-electron chi connectivity index (χ1n) is 6.94. The second kappa shape index (κ2) is 6.11. The van der Waals surface area contributed by atoms with Crippen molar-refractivity contribution >= 4 is 11.7 Å². The largest absolute Gasteiger partial charge is 0.305 e. The van der Waals surface area contributed by atoms with Crippen molar-refractivity contribution in [1.29, 1.82) is 0 Å². The third kappa shape index (κ3) is 3.09. The zero-order valence-electron chi connectivity index (χ0n) is 12.8. The molecule has 122 valence electrons. The van der Waals surface area contributed by atoms with Gasteiger partial charge in [0.2, 0.25) is 0 Å². The Hall–Kier alpha value is -3.23. The van der Waals surface area contributed by atoms with Gasteiger partial charge in [-0.3, -0.25) is 4.79 Å². The Balaban J connectivity index is 1.90. The van der Waals surface area contributed by atoms with E-state index in [1.165, 1.54) is 16.9 Å². The van der Waals surface area contributed by atoms with Gasteiger partial charge in [0, 0.05) is 12.3 Å². The van der Waals surface area contributed by atoms with E-state index in [0.717, 1.165) is 18.2 Å². The van der Waals surface area contributed by atoms with Gasteiger partial charge in [-0.15, -0.1) is 5.10 Å². The highest BCUT2D eigenvalue weighted by molar-refractivity contribution is 6.03. The van der Waals surface area contributed by atoms with Crippen molar-refractivity contribution < 1.29 is 13.6 Å². The smallest absolute Gasteiger partial charge is 0.279 e. The topological polar surface area (TPSA) is 85.6 Å². The molecule has 24 heavy (non-hydrogen) atoms. The molecule has 2 aromatic heterocycles. The lowest BCUT2D eigenvalue weighted by Crippen LogP contribution is -2.15. The van der Waals surface area contributed by atoms with Crippen LogP contribution in [0.3, 0.4) is 0 Å². The highest BCUT2D eigenvalue weighted by atomic mass is 19.1. The molecule has 0 radical (unpaired) electrons. The first kappa shape index (κ1) is 15.7. The number of benzene rings is 1. The standard InChI is InChI=1S/C15H12F2N6O/c1-8-14(15(24)20-13-3-4-18-9(2)19-13)21-22-23(8)12-6-10(16)5-11(17)7-12/h3-7H,1-2H3,(H,18,19,20,24). The van der Waals surface area contributed by atoms with Crippen molar-refractivity contribution in [1.82, 2.24) is 25.0 Å².